The lowest BCUT2D eigenvalue weighted by molar-refractivity contribution is -0.870. The first kappa shape index (κ1) is 15.2. The Kier molecular flexibility index (Phi) is 6.41. The quantitative estimate of drug-likeness (QED) is 0.417. The Hall–Kier alpha value is -0.770. The molecular formula is C10H21N2O3P+2. The molecule has 0 saturated heterocycles. The van der Waals surface area contributed by atoms with Crippen LogP contribution in [0.4, 0.5) is 0 Å². The number of rotatable bonds is 7. The Labute approximate surface area is 97.9 Å². The van der Waals surface area contributed by atoms with Crippen LogP contribution in [0, 0.1) is 0 Å². The van der Waals surface area contributed by atoms with Gasteiger partial charge in [0.15, 0.2) is 6.61 Å². The summed E-state index contributed by atoms with van der Waals surface area (Å²) in [6.07, 6.45) is 1.14. The van der Waals surface area contributed by atoms with Gasteiger partial charge in [-0.25, -0.2) is 0 Å². The SMILES string of the molecule is C=CC(=O)NC(C)[P+](=O)OCC[N+](C)(C)C. The zero-order valence-electron chi connectivity index (χ0n) is 10.4. The number of likely N-dealkylation sites (N-methyl/N-ethyl adjacent to an activating group) is 1. The Morgan fingerprint density at radius 3 is 2.56 bits per heavy atom. The Morgan fingerprint density at radius 2 is 2.12 bits per heavy atom. The molecule has 92 valence electrons. The summed E-state index contributed by atoms with van der Waals surface area (Å²) < 4.78 is 17.5. The zero-order chi connectivity index (χ0) is 12.8. The van der Waals surface area contributed by atoms with Gasteiger partial charge < -0.3 is 9.80 Å². The molecule has 0 radical (unpaired) electrons. The Bertz CT molecular complexity index is 274. The molecule has 0 aromatic carbocycles. The summed E-state index contributed by atoms with van der Waals surface area (Å²) in [5, 5.41) is 2.51. The summed E-state index contributed by atoms with van der Waals surface area (Å²) in [5.74, 6) is -0.834. The van der Waals surface area contributed by atoms with E-state index < -0.39 is 13.8 Å². The molecule has 2 unspecified atom stereocenters. The summed E-state index contributed by atoms with van der Waals surface area (Å²) in [6, 6.07) is 0. The number of hydrogen-bond donors (Lipinski definition) is 1. The van der Waals surface area contributed by atoms with Gasteiger partial charge in [0.2, 0.25) is 5.91 Å². The van der Waals surface area contributed by atoms with E-state index in [9.17, 15) is 9.36 Å². The smallest absolute Gasteiger partial charge is 0.329 e. The third-order valence-electron chi connectivity index (χ3n) is 1.83. The maximum Gasteiger partial charge on any atom is 0.533 e. The number of quaternary nitrogens is 1. The molecule has 6 heteroatoms. The third-order valence-corrected chi connectivity index (χ3v) is 3.03. The summed E-state index contributed by atoms with van der Waals surface area (Å²) in [4.78, 5) is 10.9. The average Bonchev–Trinajstić information content (AvgIpc) is 2.15. The highest BCUT2D eigenvalue weighted by Gasteiger charge is 2.29. The topological polar surface area (TPSA) is 55.4 Å². The fraction of sp³-hybridized carbons (Fsp3) is 0.700. The lowest BCUT2D eigenvalue weighted by Gasteiger charge is -2.22. The van der Waals surface area contributed by atoms with Crippen LogP contribution in [0.5, 0.6) is 0 Å². The number of hydrogen-bond acceptors (Lipinski definition) is 3. The number of carbonyl (C=O) groups is 1. The molecule has 1 N–H and O–H groups in total. The lowest BCUT2D eigenvalue weighted by atomic mass is 10.5. The van der Waals surface area contributed by atoms with Crippen LogP contribution in [0.15, 0.2) is 12.7 Å². The van der Waals surface area contributed by atoms with Crippen LogP contribution < -0.4 is 5.32 Å². The number of nitrogens with zero attached hydrogens (tertiary/aromatic N) is 1. The molecule has 0 spiro atoms. The van der Waals surface area contributed by atoms with Crippen molar-refractivity contribution in [2.24, 2.45) is 0 Å². The van der Waals surface area contributed by atoms with Gasteiger partial charge >= 0.3 is 8.03 Å². The lowest BCUT2D eigenvalue weighted by Crippen LogP contribution is -2.37. The summed E-state index contributed by atoms with van der Waals surface area (Å²) in [6.45, 7) is 6.14. The normalized spacial score (nSPS) is 14.1. The maximum atomic E-state index is 11.6. The summed E-state index contributed by atoms with van der Waals surface area (Å²) in [7, 11) is 4.21. The molecule has 0 rings (SSSR count). The van der Waals surface area contributed by atoms with Gasteiger partial charge in [0.25, 0.3) is 5.78 Å². The van der Waals surface area contributed by atoms with Crippen LogP contribution in [0.25, 0.3) is 0 Å². The minimum Gasteiger partial charge on any atom is -0.329 e. The molecule has 0 aliphatic rings. The second kappa shape index (κ2) is 6.74. The van der Waals surface area contributed by atoms with E-state index >= 15 is 0 Å². The van der Waals surface area contributed by atoms with Crippen molar-refractivity contribution in [1.82, 2.24) is 5.32 Å². The molecule has 16 heavy (non-hydrogen) atoms. The van der Waals surface area contributed by atoms with E-state index in [-0.39, 0.29) is 5.91 Å². The Balaban J connectivity index is 3.88. The molecule has 0 aliphatic heterocycles. The van der Waals surface area contributed by atoms with E-state index in [2.05, 4.69) is 11.9 Å². The van der Waals surface area contributed by atoms with Crippen molar-refractivity contribution < 1.29 is 18.4 Å². The van der Waals surface area contributed by atoms with Crippen LogP contribution in [0.1, 0.15) is 6.92 Å². The zero-order valence-corrected chi connectivity index (χ0v) is 11.3. The van der Waals surface area contributed by atoms with Gasteiger partial charge in [0.1, 0.15) is 6.54 Å². The Morgan fingerprint density at radius 1 is 1.56 bits per heavy atom. The van der Waals surface area contributed by atoms with Gasteiger partial charge in [-0.1, -0.05) is 6.58 Å². The summed E-state index contributed by atoms with van der Waals surface area (Å²) >= 11 is 0. The van der Waals surface area contributed by atoms with Crippen LogP contribution in [0.2, 0.25) is 0 Å². The van der Waals surface area contributed by atoms with Gasteiger partial charge in [-0.05, 0) is 10.6 Å². The van der Waals surface area contributed by atoms with Crippen molar-refractivity contribution in [3.8, 4) is 0 Å². The van der Waals surface area contributed by atoms with E-state index in [0.29, 0.717) is 6.61 Å². The van der Waals surface area contributed by atoms with Crippen molar-refractivity contribution >= 4 is 13.9 Å². The van der Waals surface area contributed by atoms with Gasteiger partial charge in [-0.15, -0.1) is 4.52 Å². The van der Waals surface area contributed by atoms with E-state index in [1.165, 1.54) is 0 Å². The monoisotopic (exact) mass is 248 g/mol. The van der Waals surface area contributed by atoms with E-state index in [4.69, 9.17) is 4.52 Å². The van der Waals surface area contributed by atoms with E-state index in [1.807, 2.05) is 21.1 Å². The second-order valence-corrected chi connectivity index (χ2v) is 6.12. The average molecular weight is 248 g/mol. The van der Waals surface area contributed by atoms with Crippen molar-refractivity contribution in [2.45, 2.75) is 12.7 Å². The minimum absolute atomic E-state index is 0.342. The molecule has 1 amide bonds. The molecule has 0 heterocycles. The fourth-order valence-electron chi connectivity index (χ4n) is 0.834. The highest BCUT2D eigenvalue weighted by atomic mass is 31.1. The van der Waals surface area contributed by atoms with Crippen molar-refractivity contribution in [2.75, 3.05) is 34.3 Å². The summed E-state index contributed by atoms with van der Waals surface area (Å²) in [5.41, 5.74) is 0. The van der Waals surface area contributed by atoms with Crippen LogP contribution in [0.3, 0.4) is 0 Å². The molecule has 5 nitrogen and oxygen atoms in total. The molecular weight excluding hydrogens is 227 g/mol. The van der Waals surface area contributed by atoms with Gasteiger partial charge in [0.05, 0.1) is 21.1 Å². The van der Waals surface area contributed by atoms with Crippen molar-refractivity contribution in [3.63, 3.8) is 0 Å². The molecule has 0 aromatic heterocycles. The van der Waals surface area contributed by atoms with E-state index in [0.717, 1.165) is 17.1 Å². The highest BCUT2D eigenvalue weighted by molar-refractivity contribution is 7.39. The van der Waals surface area contributed by atoms with Crippen LogP contribution >= 0.6 is 8.03 Å². The minimum atomic E-state index is -1.87. The fourth-order valence-corrected chi connectivity index (χ4v) is 1.55. The van der Waals surface area contributed by atoms with Crippen molar-refractivity contribution in [3.05, 3.63) is 12.7 Å². The number of nitrogens with one attached hydrogen (secondary N) is 1. The van der Waals surface area contributed by atoms with Crippen LogP contribution in [-0.2, 0) is 13.9 Å². The second-order valence-electron chi connectivity index (χ2n) is 4.52. The largest absolute Gasteiger partial charge is 0.533 e. The van der Waals surface area contributed by atoms with Gasteiger partial charge in [-0.3, -0.25) is 4.79 Å². The molecule has 0 fully saturated rings. The number of carbonyl (C=O) groups excluding carboxylic acids is 1. The third kappa shape index (κ3) is 7.51. The molecule has 0 aromatic rings. The first-order valence-electron chi connectivity index (χ1n) is 5.09. The molecule has 0 saturated carbocycles. The van der Waals surface area contributed by atoms with Gasteiger partial charge in [0, 0.05) is 6.92 Å². The molecule has 0 aliphatic carbocycles. The maximum absolute atomic E-state index is 11.6. The van der Waals surface area contributed by atoms with Gasteiger partial charge in [-0.2, -0.15) is 0 Å². The molecule has 0 bridgehead atoms. The highest BCUT2D eigenvalue weighted by Crippen LogP contribution is 2.27. The van der Waals surface area contributed by atoms with Crippen molar-refractivity contribution in [1.29, 1.82) is 0 Å². The number of amides is 1. The van der Waals surface area contributed by atoms with Crippen LogP contribution in [-0.4, -0.2) is 50.5 Å². The van der Waals surface area contributed by atoms with E-state index in [1.54, 1.807) is 6.92 Å². The standard InChI is InChI=1S/C10H20N2O3P/c1-6-10(13)11-9(2)16(14)15-8-7-12(3,4)5/h6,9H,1,7-8H2,2-5H3/q+1/p+1. The predicted octanol–water partition coefficient (Wildman–Crippen LogP) is 1.10. The first-order chi connectivity index (χ1) is 7.26. The first-order valence-corrected chi connectivity index (χ1v) is 6.33. The molecule has 2 atom stereocenters. The predicted molar refractivity (Wildman–Crippen MR) is 64.3 cm³/mol.